The Hall–Kier alpha value is -3.84. The molecule has 7 heteroatoms. The van der Waals surface area contributed by atoms with Crippen molar-refractivity contribution in [1.82, 2.24) is 0 Å². The van der Waals surface area contributed by atoms with E-state index in [1.54, 1.807) is 12.1 Å². The Bertz CT molecular complexity index is 1310. The van der Waals surface area contributed by atoms with Crippen molar-refractivity contribution >= 4 is 46.5 Å². The van der Waals surface area contributed by atoms with Crippen LogP contribution in [0.3, 0.4) is 0 Å². The maximum Gasteiger partial charge on any atom is 0.283 e. The minimum atomic E-state index is -0.393. The molecule has 1 aliphatic heterocycles. The van der Waals surface area contributed by atoms with Crippen LogP contribution in [-0.4, -0.2) is 17.7 Å². The Morgan fingerprint density at radius 1 is 0.833 bits per heavy atom. The van der Waals surface area contributed by atoms with Crippen molar-refractivity contribution in [3.8, 4) is 0 Å². The summed E-state index contributed by atoms with van der Waals surface area (Å²) in [5, 5.41) is 6.15. The fraction of sp³-hybridized carbons (Fsp3) is 0.207. The highest BCUT2D eigenvalue weighted by molar-refractivity contribution is 8.04. The predicted molar refractivity (Wildman–Crippen MR) is 144 cm³/mol. The van der Waals surface area contributed by atoms with Gasteiger partial charge in [0.05, 0.1) is 5.69 Å². The Kier molecular flexibility index (Phi) is 6.91. The number of amides is 3. The number of carbonyl (C=O) groups is 3. The molecule has 36 heavy (non-hydrogen) atoms. The minimum absolute atomic E-state index is 0.0651. The van der Waals surface area contributed by atoms with E-state index >= 15 is 0 Å². The number of benzene rings is 3. The molecule has 0 spiro atoms. The van der Waals surface area contributed by atoms with Crippen LogP contribution in [0, 0.1) is 12.8 Å². The second kappa shape index (κ2) is 10.4. The third kappa shape index (κ3) is 5.06. The number of hydrogen-bond acceptors (Lipinski definition) is 5. The lowest BCUT2D eigenvalue weighted by molar-refractivity contribution is -0.121. The summed E-state index contributed by atoms with van der Waals surface area (Å²) < 4.78 is 0. The first-order valence-electron chi connectivity index (χ1n) is 12.1. The first-order chi connectivity index (χ1) is 17.5. The first kappa shape index (κ1) is 23.9. The molecule has 1 saturated carbocycles. The van der Waals surface area contributed by atoms with Gasteiger partial charge in [0.15, 0.2) is 0 Å². The zero-order valence-electron chi connectivity index (χ0n) is 20.0. The molecule has 182 valence electrons. The minimum Gasteiger partial charge on any atom is -0.350 e. The third-order valence-corrected chi connectivity index (χ3v) is 7.54. The Morgan fingerprint density at radius 2 is 1.50 bits per heavy atom. The number of imide groups is 1. The SMILES string of the molecule is Cc1ccc(N2C(=O)C(Nc3ccccc3)=C(Sc3ccc(NC(=O)C4CCCC4)cc3)C2=O)cc1. The fourth-order valence-corrected chi connectivity index (χ4v) is 5.39. The van der Waals surface area contributed by atoms with Gasteiger partial charge in [-0.3, -0.25) is 14.4 Å². The van der Waals surface area contributed by atoms with Crippen LogP contribution in [0.1, 0.15) is 31.2 Å². The molecule has 0 bridgehead atoms. The average Bonchev–Trinajstić information content (AvgIpc) is 3.51. The number of aryl methyl sites for hydroxylation is 1. The molecule has 0 saturated heterocycles. The van der Waals surface area contributed by atoms with E-state index in [4.69, 9.17) is 0 Å². The summed E-state index contributed by atoms with van der Waals surface area (Å²) in [6.07, 6.45) is 4.10. The lowest BCUT2D eigenvalue weighted by atomic mass is 10.1. The van der Waals surface area contributed by atoms with Gasteiger partial charge in [-0.15, -0.1) is 0 Å². The normalized spacial score (nSPS) is 16.1. The fourth-order valence-electron chi connectivity index (χ4n) is 4.47. The zero-order valence-corrected chi connectivity index (χ0v) is 20.8. The quantitative estimate of drug-likeness (QED) is 0.385. The lowest BCUT2D eigenvalue weighted by Gasteiger charge is -2.15. The van der Waals surface area contributed by atoms with Crippen LogP contribution >= 0.6 is 11.8 Å². The van der Waals surface area contributed by atoms with Crippen molar-refractivity contribution < 1.29 is 14.4 Å². The number of nitrogens with zero attached hydrogens (tertiary/aromatic N) is 1. The van der Waals surface area contributed by atoms with E-state index in [1.165, 1.54) is 16.7 Å². The van der Waals surface area contributed by atoms with Crippen molar-refractivity contribution in [2.24, 2.45) is 5.92 Å². The van der Waals surface area contributed by atoms with Crippen LogP contribution in [0.5, 0.6) is 0 Å². The average molecular weight is 498 g/mol. The van der Waals surface area contributed by atoms with E-state index in [1.807, 2.05) is 73.7 Å². The number of nitrogens with one attached hydrogen (secondary N) is 2. The molecule has 2 N–H and O–H groups in total. The van der Waals surface area contributed by atoms with Crippen molar-refractivity contribution in [1.29, 1.82) is 0 Å². The molecule has 0 aromatic heterocycles. The molecule has 5 rings (SSSR count). The van der Waals surface area contributed by atoms with E-state index in [0.717, 1.165) is 47.5 Å². The van der Waals surface area contributed by atoms with Crippen LogP contribution in [-0.2, 0) is 14.4 Å². The van der Waals surface area contributed by atoms with Gasteiger partial charge in [0.2, 0.25) is 5.91 Å². The van der Waals surface area contributed by atoms with Crippen molar-refractivity contribution in [3.05, 3.63) is 95.0 Å². The predicted octanol–water partition coefficient (Wildman–Crippen LogP) is 6.11. The molecular formula is C29H27N3O3S. The number of hydrogen-bond donors (Lipinski definition) is 2. The molecule has 0 unspecified atom stereocenters. The maximum atomic E-state index is 13.5. The highest BCUT2D eigenvalue weighted by Crippen LogP contribution is 2.38. The molecule has 0 atom stereocenters. The summed E-state index contributed by atoms with van der Waals surface area (Å²) in [6, 6.07) is 24.0. The summed E-state index contributed by atoms with van der Waals surface area (Å²) in [4.78, 5) is 41.7. The van der Waals surface area contributed by atoms with Gasteiger partial charge >= 0.3 is 0 Å². The molecular weight excluding hydrogens is 470 g/mol. The van der Waals surface area contributed by atoms with Gasteiger partial charge in [0.25, 0.3) is 11.8 Å². The summed E-state index contributed by atoms with van der Waals surface area (Å²) >= 11 is 1.24. The maximum absolute atomic E-state index is 13.5. The van der Waals surface area contributed by atoms with E-state index in [2.05, 4.69) is 10.6 Å². The molecule has 2 aliphatic rings. The molecule has 3 aromatic carbocycles. The molecule has 1 aliphatic carbocycles. The van der Waals surface area contributed by atoms with Crippen molar-refractivity contribution in [2.75, 3.05) is 15.5 Å². The number of para-hydroxylation sites is 1. The first-order valence-corrected chi connectivity index (χ1v) is 12.9. The Morgan fingerprint density at radius 3 is 2.17 bits per heavy atom. The van der Waals surface area contributed by atoms with Gasteiger partial charge in [-0.1, -0.05) is 60.5 Å². The standard InChI is InChI=1S/C29H27N3O3S/c1-19-11-15-23(16-12-19)32-28(34)25(30-21-9-3-2-4-10-21)26(29(32)35)36-24-17-13-22(14-18-24)31-27(33)20-7-5-6-8-20/h2-4,9-18,20,30H,5-8H2,1H3,(H,31,33). The van der Waals surface area contributed by atoms with Crippen LogP contribution < -0.4 is 15.5 Å². The molecule has 1 fully saturated rings. The van der Waals surface area contributed by atoms with Gasteiger partial charge in [0, 0.05) is 22.2 Å². The van der Waals surface area contributed by atoms with Crippen LogP contribution in [0.15, 0.2) is 94.4 Å². The van der Waals surface area contributed by atoms with E-state index in [9.17, 15) is 14.4 Å². The molecule has 6 nitrogen and oxygen atoms in total. The van der Waals surface area contributed by atoms with Gasteiger partial charge in [-0.25, -0.2) is 4.90 Å². The van der Waals surface area contributed by atoms with Crippen LogP contribution in [0.4, 0.5) is 17.1 Å². The monoisotopic (exact) mass is 497 g/mol. The number of thioether (sulfide) groups is 1. The number of anilines is 3. The number of rotatable bonds is 7. The third-order valence-electron chi connectivity index (χ3n) is 6.44. The molecule has 0 radical (unpaired) electrons. The van der Waals surface area contributed by atoms with Crippen LogP contribution in [0.2, 0.25) is 0 Å². The van der Waals surface area contributed by atoms with E-state index < -0.39 is 5.91 Å². The topological polar surface area (TPSA) is 78.5 Å². The lowest BCUT2D eigenvalue weighted by Crippen LogP contribution is -2.32. The van der Waals surface area contributed by atoms with Crippen molar-refractivity contribution in [3.63, 3.8) is 0 Å². The highest BCUT2D eigenvalue weighted by Gasteiger charge is 2.40. The van der Waals surface area contributed by atoms with E-state index in [-0.39, 0.29) is 23.4 Å². The second-order valence-electron chi connectivity index (χ2n) is 9.07. The Labute approximate surface area is 214 Å². The van der Waals surface area contributed by atoms with Crippen LogP contribution in [0.25, 0.3) is 0 Å². The van der Waals surface area contributed by atoms with Gasteiger partial charge in [-0.05, 0) is 68.3 Å². The Balaban J connectivity index is 1.39. The zero-order chi connectivity index (χ0) is 25.1. The summed E-state index contributed by atoms with van der Waals surface area (Å²) in [7, 11) is 0. The molecule has 3 aromatic rings. The smallest absolute Gasteiger partial charge is 0.283 e. The van der Waals surface area contributed by atoms with E-state index in [0.29, 0.717) is 10.6 Å². The summed E-state index contributed by atoms with van der Waals surface area (Å²) in [5.41, 5.74) is 3.27. The van der Waals surface area contributed by atoms with Gasteiger partial charge in [0.1, 0.15) is 10.6 Å². The summed E-state index contributed by atoms with van der Waals surface area (Å²) in [5.74, 6) is -0.609. The van der Waals surface area contributed by atoms with Gasteiger partial charge in [-0.2, -0.15) is 0 Å². The largest absolute Gasteiger partial charge is 0.350 e. The van der Waals surface area contributed by atoms with Crippen molar-refractivity contribution in [2.45, 2.75) is 37.5 Å². The molecule has 3 amide bonds. The highest BCUT2D eigenvalue weighted by atomic mass is 32.2. The molecule has 1 heterocycles. The number of carbonyl (C=O) groups excluding carboxylic acids is 3. The second-order valence-corrected chi connectivity index (χ2v) is 10.2. The summed E-state index contributed by atoms with van der Waals surface area (Å²) in [6.45, 7) is 1.96. The van der Waals surface area contributed by atoms with Gasteiger partial charge < -0.3 is 10.6 Å².